The molecule has 0 saturated heterocycles. The van der Waals surface area contributed by atoms with Crippen LogP contribution in [0, 0.1) is 0 Å². The predicted octanol–water partition coefficient (Wildman–Crippen LogP) is 10.7. The van der Waals surface area contributed by atoms with E-state index in [0.717, 1.165) is 22.2 Å². The van der Waals surface area contributed by atoms with Crippen molar-refractivity contribution in [3.05, 3.63) is 127 Å². The molecule has 0 unspecified atom stereocenters. The first-order valence-electron chi connectivity index (χ1n) is 13.2. The zero-order chi connectivity index (χ0) is 25.5. The standard InChI is InChI=1S/C36H21NOS/c1-4-14-29-23(9-1)24-10-2-5-15-30(24)37(29)22-19-20-27-32(21-22)38-31-16-7-12-25(35(27)31)26-13-8-18-34-36(26)28-11-3-6-17-33(28)39-34/h1-21H. The van der Waals surface area contributed by atoms with Crippen molar-refractivity contribution in [2.24, 2.45) is 0 Å². The van der Waals surface area contributed by atoms with Gasteiger partial charge in [0.25, 0.3) is 0 Å². The van der Waals surface area contributed by atoms with Crippen LogP contribution in [0.25, 0.3) is 80.7 Å². The lowest BCUT2D eigenvalue weighted by Crippen LogP contribution is -1.93. The van der Waals surface area contributed by atoms with Gasteiger partial charge in [-0.25, -0.2) is 0 Å². The summed E-state index contributed by atoms with van der Waals surface area (Å²) in [6.45, 7) is 0. The highest BCUT2D eigenvalue weighted by Crippen LogP contribution is 2.44. The number of nitrogens with zero attached hydrogens (tertiary/aromatic N) is 1. The number of fused-ring (bicyclic) bond motifs is 9. The van der Waals surface area contributed by atoms with Crippen molar-refractivity contribution < 1.29 is 4.42 Å². The van der Waals surface area contributed by atoms with Gasteiger partial charge in [0.2, 0.25) is 0 Å². The maximum Gasteiger partial charge on any atom is 0.137 e. The van der Waals surface area contributed by atoms with Crippen LogP contribution < -0.4 is 0 Å². The largest absolute Gasteiger partial charge is 0.456 e. The van der Waals surface area contributed by atoms with Crippen LogP contribution in [0.5, 0.6) is 0 Å². The maximum atomic E-state index is 6.55. The third kappa shape index (κ3) is 2.91. The highest BCUT2D eigenvalue weighted by molar-refractivity contribution is 7.25. The number of furan rings is 1. The molecular weight excluding hydrogens is 494 g/mol. The Hall–Kier alpha value is -4.86. The fraction of sp³-hybridized carbons (Fsp3) is 0. The maximum absolute atomic E-state index is 6.55. The number of hydrogen-bond acceptors (Lipinski definition) is 2. The van der Waals surface area contributed by atoms with Gasteiger partial charge in [-0.3, -0.25) is 0 Å². The molecule has 0 amide bonds. The van der Waals surface area contributed by atoms with Crippen molar-refractivity contribution in [1.82, 2.24) is 4.57 Å². The van der Waals surface area contributed by atoms with Crippen LogP contribution in [-0.2, 0) is 0 Å². The Morgan fingerprint density at radius 1 is 0.462 bits per heavy atom. The molecule has 0 spiro atoms. The molecule has 39 heavy (non-hydrogen) atoms. The summed E-state index contributed by atoms with van der Waals surface area (Å²) >= 11 is 1.86. The molecule has 182 valence electrons. The average Bonchev–Trinajstić information content (AvgIpc) is 3.66. The lowest BCUT2D eigenvalue weighted by Gasteiger charge is -2.08. The number of thiophene rings is 1. The fourth-order valence-electron chi connectivity index (χ4n) is 6.38. The Bertz CT molecular complexity index is 2350. The molecule has 3 heterocycles. The highest BCUT2D eigenvalue weighted by Gasteiger charge is 2.18. The summed E-state index contributed by atoms with van der Waals surface area (Å²) in [5.74, 6) is 0. The van der Waals surface area contributed by atoms with Gasteiger partial charge < -0.3 is 8.98 Å². The second kappa shape index (κ2) is 7.83. The molecule has 3 heteroatoms. The minimum Gasteiger partial charge on any atom is -0.456 e. The van der Waals surface area contributed by atoms with E-state index in [0.29, 0.717) is 0 Å². The van der Waals surface area contributed by atoms with E-state index < -0.39 is 0 Å². The summed E-state index contributed by atoms with van der Waals surface area (Å²) in [5.41, 5.74) is 7.79. The summed E-state index contributed by atoms with van der Waals surface area (Å²) in [4.78, 5) is 0. The van der Waals surface area contributed by atoms with Crippen molar-refractivity contribution in [3.8, 4) is 16.8 Å². The molecule has 0 N–H and O–H groups in total. The van der Waals surface area contributed by atoms with Crippen molar-refractivity contribution in [3.63, 3.8) is 0 Å². The molecule has 0 bridgehead atoms. The summed E-state index contributed by atoms with van der Waals surface area (Å²) < 4.78 is 11.5. The first-order chi connectivity index (χ1) is 19.3. The topological polar surface area (TPSA) is 18.1 Å². The minimum atomic E-state index is 0.902. The highest BCUT2D eigenvalue weighted by atomic mass is 32.1. The molecule has 9 aromatic rings. The van der Waals surface area contributed by atoms with Gasteiger partial charge in [0.1, 0.15) is 11.2 Å². The van der Waals surface area contributed by atoms with Crippen LogP contribution >= 0.6 is 11.3 Å². The Labute approximate surface area is 227 Å². The first kappa shape index (κ1) is 21.1. The summed E-state index contributed by atoms with van der Waals surface area (Å²) in [6.07, 6.45) is 0. The molecule has 0 aliphatic heterocycles. The van der Waals surface area contributed by atoms with E-state index in [2.05, 4.69) is 132 Å². The number of hydrogen-bond donors (Lipinski definition) is 0. The van der Waals surface area contributed by atoms with Gasteiger partial charge >= 0.3 is 0 Å². The zero-order valence-corrected chi connectivity index (χ0v) is 21.7. The van der Waals surface area contributed by atoms with Crippen LogP contribution in [0.15, 0.2) is 132 Å². The monoisotopic (exact) mass is 515 g/mol. The molecule has 0 saturated carbocycles. The van der Waals surface area contributed by atoms with Gasteiger partial charge in [-0.05, 0) is 53.6 Å². The molecule has 0 aliphatic rings. The van der Waals surface area contributed by atoms with Gasteiger partial charge in [-0.2, -0.15) is 0 Å². The molecule has 3 aromatic heterocycles. The quantitative estimate of drug-likeness (QED) is 0.224. The number of rotatable bonds is 2. The van der Waals surface area contributed by atoms with Gasteiger partial charge in [0.15, 0.2) is 0 Å². The fourth-order valence-corrected chi connectivity index (χ4v) is 7.51. The van der Waals surface area contributed by atoms with Crippen LogP contribution in [0.1, 0.15) is 0 Å². The molecule has 0 fully saturated rings. The van der Waals surface area contributed by atoms with E-state index in [1.807, 2.05) is 11.3 Å². The predicted molar refractivity (Wildman–Crippen MR) is 166 cm³/mol. The minimum absolute atomic E-state index is 0.902. The number of aromatic nitrogens is 1. The van der Waals surface area contributed by atoms with Gasteiger partial charge in [-0.1, -0.05) is 78.9 Å². The molecule has 2 nitrogen and oxygen atoms in total. The van der Waals surface area contributed by atoms with Gasteiger partial charge in [0.05, 0.1) is 11.0 Å². The van der Waals surface area contributed by atoms with Crippen molar-refractivity contribution in [1.29, 1.82) is 0 Å². The second-order valence-corrected chi connectivity index (χ2v) is 11.2. The summed E-state index contributed by atoms with van der Waals surface area (Å²) in [6, 6.07) is 45.7. The normalized spacial score (nSPS) is 12.1. The summed E-state index contributed by atoms with van der Waals surface area (Å²) in [5, 5.41) is 7.46. The van der Waals surface area contributed by atoms with E-state index in [1.165, 1.54) is 58.5 Å². The van der Waals surface area contributed by atoms with Crippen LogP contribution in [0.3, 0.4) is 0 Å². The third-order valence-electron chi connectivity index (χ3n) is 8.01. The number of benzene rings is 6. The van der Waals surface area contributed by atoms with Crippen LogP contribution in [0.4, 0.5) is 0 Å². The van der Waals surface area contributed by atoms with Crippen molar-refractivity contribution in [2.75, 3.05) is 0 Å². The van der Waals surface area contributed by atoms with E-state index in [4.69, 9.17) is 4.42 Å². The molecular formula is C36H21NOS. The Balaban J connectivity index is 1.32. The van der Waals surface area contributed by atoms with E-state index >= 15 is 0 Å². The summed E-state index contributed by atoms with van der Waals surface area (Å²) in [7, 11) is 0. The molecule has 0 aliphatic carbocycles. The SMILES string of the molecule is c1cc(-c2cccc3sc4ccccc4c23)c2c(c1)oc1cc(-n3c4ccccc4c4ccccc43)ccc12. The Kier molecular flexibility index (Phi) is 4.24. The molecule has 6 aromatic carbocycles. The molecule has 0 radical (unpaired) electrons. The van der Waals surface area contributed by atoms with Crippen LogP contribution in [-0.4, -0.2) is 4.57 Å². The molecule has 9 rings (SSSR count). The van der Waals surface area contributed by atoms with E-state index in [9.17, 15) is 0 Å². The Morgan fingerprint density at radius 2 is 1.10 bits per heavy atom. The van der Waals surface area contributed by atoms with E-state index in [-0.39, 0.29) is 0 Å². The Morgan fingerprint density at radius 3 is 1.90 bits per heavy atom. The van der Waals surface area contributed by atoms with Crippen molar-refractivity contribution in [2.45, 2.75) is 0 Å². The van der Waals surface area contributed by atoms with Gasteiger partial charge in [-0.15, -0.1) is 11.3 Å². The second-order valence-electron chi connectivity index (χ2n) is 10.1. The van der Waals surface area contributed by atoms with E-state index in [1.54, 1.807) is 0 Å². The lowest BCUT2D eigenvalue weighted by molar-refractivity contribution is 0.668. The van der Waals surface area contributed by atoms with Crippen LogP contribution in [0.2, 0.25) is 0 Å². The van der Waals surface area contributed by atoms with Crippen molar-refractivity contribution >= 4 is 75.3 Å². The number of para-hydroxylation sites is 2. The zero-order valence-electron chi connectivity index (χ0n) is 20.9. The molecule has 0 atom stereocenters. The van der Waals surface area contributed by atoms with Gasteiger partial charge in [0, 0.05) is 53.5 Å². The first-order valence-corrected chi connectivity index (χ1v) is 14.0. The average molecular weight is 516 g/mol. The smallest absolute Gasteiger partial charge is 0.137 e. The lowest BCUT2D eigenvalue weighted by atomic mass is 9.95. The third-order valence-corrected chi connectivity index (χ3v) is 9.15.